The maximum absolute atomic E-state index is 12.5. The van der Waals surface area contributed by atoms with Crippen LogP contribution in [0.3, 0.4) is 0 Å². The molecule has 0 spiro atoms. The zero-order chi connectivity index (χ0) is 75.9. The summed E-state index contributed by atoms with van der Waals surface area (Å²) in [4.78, 5) is 55.8. The number of aromatic nitrogens is 4. The normalized spacial score (nSPS) is 13.7. The van der Waals surface area contributed by atoms with E-state index in [1.54, 1.807) is 6.08 Å². The van der Waals surface area contributed by atoms with E-state index in [0.717, 1.165) is 95.3 Å². The van der Waals surface area contributed by atoms with Crippen LogP contribution in [0.4, 0.5) is 0 Å². The molecule has 532 valence electrons. The summed E-state index contributed by atoms with van der Waals surface area (Å²) >= 11 is 0. The average molecular weight is 1510 g/mol. The molecule has 0 amide bonds. The van der Waals surface area contributed by atoms with E-state index in [9.17, 15) is 19.8 Å². The predicted octanol–water partition coefficient (Wildman–Crippen LogP) is 22.2. The minimum Gasteiger partial charge on any atom is -0.657 e. The van der Waals surface area contributed by atoms with Gasteiger partial charge in [0.1, 0.15) is 19.7 Å². The molecule has 1 unspecified atom stereocenters. The van der Waals surface area contributed by atoms with Crippen molar-refractivity contribution in [1.29, 1.82) is 1.28 Å². The van der Waals surface area contributed by atoms with Gasteiger partial charge in [0.05, 0.1) is 24.1 Å². The molecule has 2 aliphatic rings. The minimum atomic E-state index is -1.54. The molecular weight excluding hydrogens is 1400 g/mol. The summed E-state index contributed by atoms with van der Waals surface area (Å²) in [5.74, 6) is -1.64. The van der Waals surface area contributed by atoms with Gasteiger partial charge in [0, 0.05) is 19.5 Å². The maximum Gasteiger partial charge on any atom is 2.00 e. The molecule has 7 aromatic rings. The van der Waals surface area contributed by atoms with E-state index in [1.165, 1.54) is 46.3 Å². The van der Waals surface area contributed by atoms with E-state index in [4.69, 9.17) is 39.3 Å². The summed E-state index contributed by atoms with van der Waals surface area (Å²) in [7, 11) is 3.76. The van der Waals surface area contributed by atoms with E-state index in [0.29, 0.717) is 28.0 Å². The summed E-state index contributed by atoms with van der Waals surface area (Å²) in [5, 5.41) is 36.4. The molecule has 2 aliphatic heterocycles. The third kappa shape index (κ3) is 20.5. The van der Waals surface area contributed by atoms with E-state index in [-0.39, 0.29) is 94.6 Å². The van der Waals surface area contributed by atoms with Crippen LogP contribution in [-0.2, 0) is 102 Å². The van der Waals surface area contributed by atoms with Crippen LogP contribution in [0.1, 0.15) is 239 Å². The number of hydrogen-bond donors (Lipinski definition) is 4. The molecular formula is C87H104BN4O8PZn2. The average Bonchev–Trinajstić information content (AvgIpc) is 1.60. The SMILES string of the molecule is CC(C)(C)c1cc(-c2c3nc(c(-c4cc(C(C)(C)C)cc(C(C)(C)C)c4)c4cc(/C=C/C=C(C(=O)O)C(=O)O)c([n-]4)c(-c4cc(C(C)(C)C)cc(C(C)(C)C)c4)c4nc(c(-c5cc(C(C)(C)C)cc(C(C)(C)C)c5)c5ccc2[n-]5)C=C4)C=C3)cc(C(C)(C)C)c1.[3H]P([B])C=CC=C(COO)OO.[Zn+2].[Zn]. The number of carbonyl (C=O) groups is 2. The van der Waals surface area contributed by atoms with Crippen molar-refractivity contribution in [3.63, 3.8) is 0 Å². The Morgan fingerprint density at radius 2 is 0.757 bits per heavy atom. The van der Waals surface area contributed by atoms with Crippen molar-refractivity contribution in [3.8, 4) is 44.5 Å². The Labute approximate surface area is 642 Å². The number of fused-ring (bicyclic) bond motifs is 8. The summed E-state index contributed by atoms with van der Waals surface area (Å²) in [6.45, 7) is 53.8. The first kappa shape index (κ1) is 83.1. The van der Waals surface area contributed by atoms with Gasteiger partial charge in [-0.3, -0.25) is 5.26 Å². The van der Waals surface area contributed by atoms with Gasteiger partial charge in [-0.25, -0.2) is 29.7 Å². The van der Waals surface area contributed by atoms with Gasteiger partial charge in [0.15, 0.2) is 5.76 Å². The van der Waals surface area contributed by atoms with Gasteiger partial charge in [-0.1, -0.05) is 281 Å². The van der Waals surface area contributed by atoms with Gasteiger partial charge >= 0.3 is 31.4 Å². The van der Waals surface area contributed by atoms with Gasteiger partial charge in [0.25, 0.3) is 0 Å². The van der Waals surface area contributed by atoms with Crippen molar-refractivity contribution in [1.82, 2.24) is 19.9 Å². The molecule has 5 heterocycles. The predicted molar refractivity (Wildman–Crippen MR) is 424 cm³/mol. The largest absolute Gasteiger partial charge is 2.00 e. The Hall–Kier alpha value is -7.20. The number of carboxylic acids is 2. The van der Waals surface area contributed by atoms with Crippen LogP contribution in [0, 0.1) is 0 Å². The second-order valence-electron chi connectivity index (χ2n) is 34.8. The Bertz CT molecular complexity index is 4620. The van der Waals surface area contributed by atoms with Crippen molar-refractivity contribution in [2.45, 2.75) is 209 Å². The second-order valence-corrected chi connectivity index (χ2v) is 35.4. The molecule has 12 nitrogen and oxygen atoms in total. The smallest absolute Gasteiger partial charge is 0.657 e. The van der Waals surface area contributed by atoms with Gasteiger partial charge in [-0.05, 0) is 174 Å². The molecule has 3 aromatic heterocycles. The first-order chi connectivity index (χ1) is 47.0. The molecule has 4 aromatic carbocycles. The fraction of sp³-hybridized carbons (Fsp3) is 0.379. The minimum absolute atomic E-state index is 0. The number of aliphatic carboxylic acids is 2. The molecule has 4 N–H and O–H groups in total. The number of carboxylic acid groups (broad SMARTS) is 2. The van der Waals surface area contributed by atoms with Crippen molar-refractivity contribution in [2.24, 2.45) is 0 Å². The molecule has 8 bridgehead atoms. The quantitative estimate of drug-likeness (QED) is 0.00986. The Morgan fingerprint density at radius 3 is 1.04 bits per heavy atom. The second kappa shape index (κ2) is 32.3. The summed E-state index contributed by atoms with van der Waals surface area (Å²) in [6.07, 6.45) is 15.6. The third-order valence-corrected chi connectivity index (χ3v) is 18.7. The van der Waals surface area contributed by atoms with Crippen LogP contribution in [0.5, 0.6) is 0 Å². The van der Waals surface area contributed by atoms with Crippen LogP contribution >= 0.6 is 8.40 Å². The van der Waals surface area contributed by atoms with Gasteiger partial charge < -0.3 is 25.1 Å². The van der Waals surface area contributed by atoms with Crippen LogP contribution in [-0.4, -0.2) is 58.1 Å². The Balaban J connectivity index is 0.00000111. The topological polar surface area (TPSA) is 187 Å². The first-order valence-electron chi connectivity index (χ1n) is 35.0. The molecule has 2 radical (unpaired) electrons. The molecule has 0 saturated carbocycles. The molecule has 16 heteroatoms. The summed E-state index contributed by atoms with van der Waals surface area (Å²) < 4.78 is 6.92. The zero-order valence-corrected chi connectivity index (χ0v) is 72.1. The summed E-state index contributed by atoms with van der Waals surface area (Å²) in [5.41, 5.74) is 20.2. The number of allylic oxidation sites excluding steroid dienone is 4. The zero-order valence-electron chi connectivity index (χ0n) is 66.3. The van der Waals surface area contributed by atoms with Crippen molar-refractivity contribution >= 4 is 80.4 Å². The third-order valence-electron chi connectivity index (χ3n) is 18.3. The molecule has 103 heavy (non-hydrogen) atoms. The maximum atomic E-state index is 12.5. The van der Waals surface area contributed by atoms with Crippen molar-refractivity contribution in [2.75, 3.05) is 6.61 Å². The van der Waals surface area contributed by atoms with Gasteiger partial charge in [0.2, 0.25) is 0 Å². The van der Waals surface area contributed by atoms with Gasteiger partial charge in [-0.15, -0.1) is 30.5 Å². The number of benzene rings is 4. The first-order valence-corrected chi connectivity index (χ1v) is 35.6. The van der Waals surface area contributed by atoms with Crippen LogP contribution in [0.15, 0.2) is 132 Å². The van der Waals surface area contributed by atoms with Crippen molar-refractivity contribution in [3.05, 3.63) is 205 Å². The molecule has 0 aliphatic carbocycles. The molecule has 1 atom stereocenters. The molecule has 9 rings (SSSR count). The van der Waals surface area contributed by atoms with Crippen LogP contribution in [0.25, 0.3) is 97.0 Å². The monoisotopic (exact) mass is 1500 g/mol. The Morgan fingerprint density at radius 1 is 0.456 bits per heavy atom. The van der Waals surface area contributed by atoms with Gasteiger partial charge in [-0.2, -0.15) is 0 Å². The van der Waals surface area contributed by atoms with E-state index >= 15 is 0 Å². The summed E-state index contributed by atoms with van der Waals surface area (Å²) in [6, 6.07) is 34.1. The van der Waals surface area contributed by atoms with Crippen LogP contribution in [0.2, 0.25) is 0 Å². The fourth-order valence-electron chi connectivity index (χ4n) is 11.9. The van der Waals surface area contributed by atoms with E-state index in [2.05, 4.69) is 285 Å². The van der Waals surface area contributed by atoms with Crippen molar-refractivity contribution < 1.29 is 79.0 Å². The number of hydrogen-bond acceptors (Lipinski definition) is 8. The Kier molecular flexibility index (Phi) is 26.0. The number of nitrogens with zero attached hydrogens (tertiary/aromatic N) is 4. The number of rotatable bonds is 13. The standard InChI is InChI=1S/C82H98N4O4.C5H8BO4P.2Zn/c1-75(2,3)52-34-48(35-53(43-52)76(4,5)6)68-61-28-29-62(83-61)69(49-36-54(77(7,8)9)44-55(37-49)78(10,11)12)64-32-33-66(85-64)71(51-40-58(81(19,20)21)46-59(41-51)82(22,23)24)72-47(26-25-27-60(73(87)88)74(89)90)42-67(86-72)70(65-31-30-63(68)84-65)50-38-56(79(13,14)15)45-57(39-50)80(16,17)18;6-11-3-1-2-5(10-8)4-9-7;;/h25-46H,1-24H3,(H4,83,84,85,86,87,88,89,90);1-3,7-8,11H,4H2;;/q;;;+2/p-2/b26-25+,68-61?,68-63?,69-62?,69-64?,70-65?,70-67?,71-66?,72-71?;;;/i;11T;;. The molecule has 0 saturated heterocycles. The molecule has 0 fully saturated rings. The van der Waals surface area contributed by atoms with Crippen LogP contribution < -0.4 is 9.97 Å². The van der Waals surface area contributed by atoms with E-state index in [1.807, 2.05) is 6.07 Å². The van der Waals surface area contributed by atoms with E-state index < -0.39 is 25.9 Å². The fourth-order valence-corrected chi connectivity index (χ4v) is 12.1.